The normalized spacial score (nSPS) is 23.5. The van der Waals surface area contributed by atoms with E-state index in [2.05, 4.69) is 34.1 Å². The molecule has 110 valence electrons. The third-order valence-corrected chi connectivity index (χ3v) is 5.07. The molecule has 1 N–H and O–H groups in total. The number of benzene rings is 2. The third-order valence-electron chi connectivity index (χ3n) is 5.07. The summed E-state index contributed by atoms with van der Waals surface area (Å²) in [5, 5.41) is 12.7. The van der Waals surface area contributed by atoms with E-state index in [9.17, 15) is 5.11 Å². The predicted octanol–water partition coefficient (Wildman–Crippen LogP) is 2.83. The number of hydrogen-bond donors (Lipinski definition) is 1. The second kappa shape index (κ2) is 5.32. The average Bonchev–Trinajstić information content (AvgIpc) is 2.98. The topological polar surface area (TPSA) is 26.7 Å². The third kappa shape index (κ3) is 2.41. The van der Waals surface area contributed by atoms with Crippen molar-refractivity contribution in [1.29, 1.82) is 0 Å². The van der Waals surface area contributed by atoms with Gasteiger partial charge in [0, 0.05) is 37.8 Å². The van der Waals surface area contributed by atoms with Gasteiger partial charge in [0.25, 0.3) is 0 Å². The molecule has 1 atom stereocenters. The molecule has 0 spiro atoms. The van der Waals surface area contributed by atoms with Crippen LogP contribution in [0.15, 0.2) is 36.4 Å². The lowest BCUT2D eigenvalue weighted by Gasteiger charge is -2.37. The standard InChI is InChI=1S/C18H22N2O/c21-18-8-7-14-4-1-2-6-16(14)17(18)13-19-10-11-20-9-3-5-15(20)12-19/h1-2,4,6-8,15,21H,3,5,9-13H2. The largest absolute Gasteiger partial charge is 0.508 e. The summed E-state index contributed by atoms with van der Waals surface area (Å²) in [6.07, 6.45) is 2.68. The Hall–Kier alpha value is -1.58. The summed E-state index contributed by atoms with van der Waals surface area (Å²) >= 11 is 0. The monoisotopic (exact) mass is 282 g/mol. The summed E-state index contributed by atoms with van der Waals surface area (Å²) in [6, 6.07) is 12.9. The summed E-state index contributed by atoms with van der Waals surface area (Å²) in [4.78, 5) is 5.13. The highest BCUT2D eigenvalue weighted by Crippen LogP contribution is 2.30. The molecule has 0 bridgehead atoms. The van der Waals surface area contributed by atoms with E-state index >= 15 is 0 Å². The van der Waals surface area contributed by atoms with Crippen LogP contribution in [0.1, 0.15) is 18.4 Å². The molecule has 2 aromatic rings. The Kier molecular flexibility index (Phi) is 3.32. The number of phenolic OH excluding ortho intramolecular Hbond substituents is 1. The van der Waals surface area contributed by atoms with Crippen LogP contribution in [0.4, 0.5) is 0 Å². The van der Waals surface area contributed by atoms with E-state index < -0.39 is 0 Å². The lowest BCUT2D eigenvalue weighted by Crippen LogP contribution is -2.49. The molecule has 2 heterocycles. The van der Waals surface area contributed by atoms with Crippen molar-refractivity contribution >= 4 is 10.8 Å². The number of phenols is 1. The number of aromatic hydroxyl groups is 1. The summed E-state index contributed by atoms with van der Waals surface area (Å²) < 4.78 is 0. The maximum absolute atomic E-state index is 10.3. The molecule has 21 heavy (non-hydrogen) atoms. The fourth-order valence-corrected chi connectivity index (χ4v) is 3.91. The first kappa shape index (κ1) is 13.1. The molecule has 0 amide bonds. The molecule has 0 aliphatic carbocycles. The molecule has 3 nitrogen and oxygen atoms in total. The first-order valence-electron chi connectivity index (χ1n) is 7.97. The minimum atomic E-state index is 0.433. The van der Waals surface area contributed by atoms with Crippen LogP contribution >= 0.6 is 0 Å². The van der Waals surface area contributed by atoms with Gasteiger partial charge < -0.3 is 5.11 Å². The van der Waals surface area contributed by atoms with Crippen molar-refractivity contribution in [2.24, 2.45) is 0 Å². The van der Waals surface area contributed by atoms with E-state index in [4.69, 9.17) is 0 Å². The Bertz CT molecular complexity index is 655. The van der Waals surface area contributed by atoms with Crippen molar-refractivity contribution < 1.29 is 5.11 Å². The van der Waals surface area contributed by atoms with Crippen molar-refractivity contribution in [3.8, 4) is 5.75 Å². The molecule has 2 saturated heterocycles. The molecule has 2 aromatic carbocycles. The van der Waals surface area contributed by atoms with Crippen LogP contribution in [-0.4, -0.2) is 47.1 Å². The number of hydrogen-bond acceptors (Lipinski definition) is 3. The van der Waals surface area contributed by atoms with Crippen LogP contribution in [0.5, 0.6) is 5.75 Å². The second-order valence-electron chi connectivity index (χ2n) is 6.35. The van der Waals surface area contributed by atoms with Crippen LogP contribution in [-0.2, 0) is 6.54 Å². The van der Waals surface area contributed by atoms with E-state index in [0.717, 1.165) is 31.2 Å². The second-order valence-corrected chi connectivity index (χ2v) is 6.35. The van der Waals surface area contributed by atoms with Crippen LogP contribution in [0.25, 0.3) is 10.8 Å². The van der Waals surface area contributed by atoms with E-state index in [1.54, 1.807) is 0 Å². The zero-order valence-corrected chi connectivity index (χ0v) is 12.3. The molecule has 2 fully saturated rings. The van der Waals surface area contributed by atoms with Gasteiger partial charge in [-0.05, 0) is 36.2 Å². The fraction of sp³-hybridized carbons (Fsp3) is 0.444. The molecule has 2 aliphatic heterocycles. The lowest BCUT2D eigenvalue weighted by atomic mass is 10.0. The highest BCUT2D eigenvalue weighted by molar-refractivity contribution is 5.87. The molecular formula is C18H22N2O. The van der Waals surface area contributed by atoms with E-state index in [-0.39, 0.29) is 0 Å². The Morgan fingerprint density at radius 3 is 2.90 bits per heavy atom. The molecule has 0 radical (unpaired) electrons. The van der Waals surface area contributed by atoms with Crippen LogP contribution in [0.2, 0.25) is 0 Å². The van der Waals surface area contributed by atoms with Crippen molar-refractivity contribution in [3.05, 3.63) is 42.0 Å². The fourth-order valence-electron chi connectivity index (χ4n) is 3.91. The highest BCUT2D eigenvalue weighted by Gasteiger charge is 2.30. The van der Waals surface area contributed by atoms with Gasteiger partial charge in [0.05, 0.1) is 0 Å². The van der Waals surface area contributed by atoms with Gasteiger partial charge in [-0.25, -0.2) is 0 Å². The summed E-state index contributed by atoms with van der Waals surface area (Å²) in [5.41, 5.74) is 1.08. The van der Waals surface area contributed by atoms with Gasteiger partial charge >= 0.3 is 0 Å². The number of nitrogens with zero attached hydrogens (tertiary/aromatic N) is 2. The molecule has 1 unspecified atom stereocenters. The van der Waals surface area contributed by atoms with Gasteiger partial charge in [0.1, 0.15) is 5.75 Å². The molecule has 0 aromatic heterocycles. The molecular weight excluding hydrogens is 260 g/mol. The lowest BCUT2D eigenvalue weighted by molar-refractivity contribution is 0.0991. The molecule has 0 saturated carbocycles. The average molecular weight is 282 g/mol. The quantitative estimate of drug-likeness (QED) is 0.917. The van der Waals surface area contributed by atoms with Crippen LogP contribution in [0, 0.1) is 0 Å². The number of piperazine rings is 1. The first-order chi connectivity index (χ1) is 10.3. The Labute approximate surface area is 125 Å². The van der Waals surface area contributed by atoms with Crippen molar-refractivity contribution in [3.63, 3.8) is 0 Å². The van der Waals surface area contributed by atoms with Gasteiger partial charge in [-0.3, -0.25) is 9.80 Å². The summed E-state index contributed by atoms with van der Waals surface area (Å²) in [7, 11) is 0. The zero-order chi connectivity index (χ0) is 14.2. The number of fused-ring (bicyclic) bond motifs is 2. The highest BCUT2D eigenvalue weighted by atomic mass is 16.3. The maximum Gasteiger partial charge on any atom is 0.120 e. The van der Waals surface area contributed by atoms with Gasteiger partial charge in [-0.15, -0.1) is 0 Å². The SMILES string of the molecule is Oc1ccc2ccccc2c1CN1CCN2CCCC2C1. The minimum Gasteiger partial charge on any atom is -0.508 e. The minimum absolute atomic E-state index is 0.433. The van der Waals surface area contributed by atoms with Crippen LogP contribution < -0.4 is 0 Å². The van der Waals surface area contributed by atoms with E-state index in [0.29, 0.717) is 5.75 Å². The van der Waals surface area contributed by atoms with Gasteiger partial charge in [-0.1, -0.05) is 30.3 Å². The Morgan fingerprint density at radius 2 is 1.95 bits per heavy atom. The van der Waals surface area contributed by atoms with Gasteiger partial charge in [0.15, 0.2) is 0 Å². The zero-order valence-electron chi connectivity index (χ0n) is 12.3. The smallest absolute Gasteiger partial charge is 0.120 e. The number of rotatable bonds is 2. The molecule has 3 heteroatoms. The summed E-state index contributed by atoms with van der Waals surface area (Å²) in [6.45, 7) is 5.56. The van der Waals surface area contributed by atoms with Gasteiger partial charge in [-0.2, -0.15) is 0 Å². The van der Waals surface area contributed by atoms with Gasteiger partial charge in [0.2, 0.25) is 0 Å². The van der Waals surface area contributed by atoms with Crippen molar-refractivity contribution in [1.82, 2.24) is 9.80 Å². The predicted molar refractivity (Wildman–Crippen MR) is 85.5 cm³/mol. The van der Waals surface area contributed by atoms with Crippen LogP contribution in [0.3, 0.4) is 0 Å². The van der Waals surface area contributed by atoms with E-state index in [1.807, 2.05) is 12.1 Å². The summed E-state index contributed by atoms with van der Waals surface area (Å²) in [5.74, 6) is 0.433. The van der Waals surface area contributed by atoms with Crippen molar-refractivity contribution in [2.45, 2.75) is 25.4 Å². The van der Waals surface area contributed by atoms with Crippen molar-refractivity contribution in [2.75, 3.05) is 26.2 Å². The molecule has 4 rings (SSSR count). The maximum atomic E-state index is 10.3. The molecule has 2 aliphatic rings. The van der Waals surface area contributed by atoms with E-state index in [1.165, 1.54) is 36.7 Å². The Morgan fingerprint density at radius 1 is 1.05 bits per heavy atom. The first-order valence-corrected chi connectivity index (χ1v) is 7.97. The Balaban J connectivity index is 1.61.